The van der Waals surface area contributed by atoms with E-state index < -0.39 is 11.8 Å². The molecule has 0 fully saturated rings. The van der Waals surface area contributed by atoms with E-state index in [4.69, 9.17) is 4.74 Å². The number of carbonyl (C=O) groups excluding carboxylic acids is 1. The number of H-pyrrole nitrogens is 2. The first-order valence-corrected chi connectivity index (χ1v) is 7.43. The highest BCUT2D eigenvalue weighted by atomic mass is 16.6. The van der Waals surface area contributed by atoms with Gasteiger partial charge in [-0.1, -0.05) is 30.3 Å². The van der Waals surface area contributed by atoms with Crippen molar-refractivity contribution in [1.29, 1.82) is 0 Å². The summed E-state index contributed by atoms with van der Waals surface area (Å²) in [6.45, 7) is 0.996. The Balaban J connectivity index is 1.65. The first-order chi connectivity index (χ1) is 11.1. The third-order valence-corrected chi connectivity index (χ3v) is 3.86. The number of carbonyl (C=O) groups is 1. The minimum Gasteiger partial charge on any atom is -0.445 e. The molecule has 0 atom stereocenters. The van der Waals surface area contributed by atoms with Crippen LogP contribution in [-0.4, -0.2) is 34.1 Å². The number of benzene rings is 1. The average Bonchev–Trinajstić information content (AvgIpc) is 2.76. The molecule has 1 aliphatic heterocycles. The number of fused-ring (bicyclic) bond motifs is 1. The summed E-state index contributed by atoms with van der Waals surface area (Å²) in [5, 5.41) is 0. The van der Waals surface area contributed by atoms with Crippen LogP contribution in [0.3, 0.4) is 0 Å². The summed E-state index contributed by atoms with van der Waals surface area (Å²) < 4.78 is 5.31. The molecule has 0 aliphatic carbocycles. The van der Waals surface area contributed by atoms with Gasteiger partial charge in [0.2, 0.25) is 0 Å². The van der Waals surface area contributed by atoms with Gasteiger partial charge in [-0.15, -0.1) is 0 Å². The fourth-order valence-corrected chi connectivity index (χ4v) is 2.64. The number of rotatable bonds is 2. The van der Waals surface area contributed by atoms with Crippen molar-refractivity contribution in [1.82, 2.24) is 14.9 Å². The van der Waals surface area contributed by atoms with Crippen molar-refractivity contribution in [3.05, 3.63) is 68.0 Å². The van der Waals surface area contributed by atoms with Gasteiger partial charge in [0.15, 0.2) is 0 Å². The molecule has 2 N–H and O–H groups in total. The Hall–Kier alpha value is -2.83. The molecule has 1 aromatic heterocycles. The van der Waals surface area contributed by atoms with Crippen LogP contribution < -0.4 is 11.2 Å². The van der Waals surface area contributed by atoms with Gasteiger partial charge in [-0.05, 0) is 12.0 Å². The van der Waals surface area contributed by atoms with Crippen molar-refractivity contribution in [3.63, 3.8) is 0 Å². The molecule has 1 aliphatic rings. The molecule has 2 aromatic rings. The molecule has 7 heteroatoms. The third kappa shape index (κ3) is 3.50. The molecule has 0 spiro atoms. The maximum Gasteiger partial charge on any atom is 0.410 e. The SMILES string of the molecule is O=C(OCc1ccccc1)N1CCc2[nH]c(=O)[nH]c(=O)c2CC1. The molecule has 0 unspecified atom stereocenters. The van der Waals surface area contributed by atoms with E-state index in [1.54, 1.807) is 4.90 Å². The Morgan fingerprint density at radius 3 is 2.61 bits per heavy atom. The van der Waals surface area contributed by atoms with Crippen LogP contribution in [0.25, 0.3) is 0 Å². The van der Waals surface area contributed by atoms with E-state index in [1.165, 1.54) is 0 Å². The number of hydrogen-bond donors (Lipinski definition) is 2. The maximum absolute atomic E-state index is 12.2. The third-order valence-electron chi connectivity index (χ3n) is 3.86. The van der Waals surface area contributed by atoms with E-state index in [-0.39, 0.29) is 12.2 Å². The summed E-state index contributed by atoms with van der Waals surface area (Å²) in [6.07, 6.45) is 0.400. The standard InChI is InChI=1S/C16H17N3O4/c20-14-12-6-8-19(9-7-13(12)17-15(21)18-14)16(22)23-10-11-4-2-1-3-5-11/h1-5H,6-10H2,(H2,17,18,20,21). The second-order valence-electron chi connectivity index (χ2n) is 5.39. The number of aromatic nitrogens is 2. The molecule has 0 radical (unpaired) electrons. The smallest absolute Gasteiger partial charge is 0.410 e. The molecular weight excluding hydrogens is 298 g/mol. The van der Waals surface area contributed by atoms with Crippen molar-refractivity contribution in [2.24, 2.45) is 0 Å². The summed E-state index contributed by atoms with van der Waals surface area (Å²) in [7, 11) is 0. The number of amides is 1. The largest absolute Gasteiger partial charge is 0.445 e. The lowest BCUT2D eigenvalue weighted by atomic mass is 10.1. The molecule has 0 bridgehead atoms. The van der Waals surface area contributed by atoms with Gasteiger partial charge in [-0.2, -0.15) is 0 Å². The van der Waals surface area contributed by atoms with Crippen LogP contribution >= 0.6 is 0 Å². The predicted octanol–water partition coefficient (Wildman–Crippen LogP) is 0.801. The topological polar surface area (TPSA) is 95.3 Å². The summed E-state index contributed by atoms with van der Waals surface area (Å²) in [6, 6.07) is 9.43. The minimum absolute atomic E-state index is 0.209. The van der Waals surface area contributed by atoms with Crippen molar-refractivity contribution >= 4 is 6.09 Å². The normalized spacial score (nSPS) is 14.0. The molecule has 7 nitrogen and oxygen atoms in total. The first kappa shape index (κ1) is 15.1. The molecule has 0 saturated carbocycles. The number of aromatic amines is 2. The fourth-order valence-electron chi connectivity index (χ4n) is 2.64. The van der Waals surface area contributed by atoms with E-state index in [0.29, 0.717) is 37.2 Å². The second kappa shape index (κ2) is 6.51. The van der Waals surface area contributed by atoms with Crippen molar-refractivity contribution < 1.29 is 9.53 Å². The molecule has 0 saturated heterocycles. The Labute approximate surface area is 131 Å². The zero-order valence-corrected chi connectivity index (χ0v) is 12.5. The lowest BCUT2D eigenvalue weighted by Gasteiger charge is -2.19. The molecule has 3 rings (SSSR count). The number of nitrogens with zero attached hydrogens (tertiary/aromatic N) is 1. The van der Waals surface area contributed by atoms with Crippen LogP contribution in [0.4, 0.5) is 4.79 Å². The van der Waals surface area contributed by atoms with Gasteiger partial charge < -0.3 is 14.6 Å². The number of nitrogens with one attached hydrogen (secondary N) is 2. The van der Waals surface area contributed by atoms with Crippen molar-refractivity contribution in [2.45, 2.75) is 19.4 Å². The number of ether oxygens (including phenoxy) is 1. The van der Waals surface area contributed by atoms with E-state index >= 15 is 0 Å². The van der Waals surface area contributed by atoms with Gasteiger partial charge in [0, 0.05) is 30.8 Å². The van der Waals surface area contributed by atoms with Gasteiger partial charge >= 0.3 is 11.8 Å². The zero-order valence-electron chi connectivity index (χ0n) is 12.5. The summed E-state index contributed by atoms with van der Waals surface area (Å²) in [5.41, 5.74) is 1.14. The number of hydrogen-bond acceptors (Lipinski definition) is 4. The quantitative estimate of drug-likeness (QED) is 0.857. The first-order valence-electron chi connectivity index (χ1n) is 7.43. The lowest BCUT2D eigenvalue weighted by molar-refractivity contribution is 0.0977. The maximum atomic E-state index is 12.2. The molecular formula is C16H17N3O4. The van der Waals surface area contributed by atoms with Gasteiger partial charge in [0.05, 0.1) is 0 Å². The van der Waals surface area contributed by atoms with Gasteiger partial charge in [-0.25, -0.2) is 9.59 Å². The Bertz CT molecular complexity index is 810. The predicted molar refractivity (Wildman–Crippen MR) is 83.3 cm³/mol. The highest BCUT2D eigenvalue weighted by Crippen LogP contribution is 2.11. The Morgan fingerprint density at radius 2 is 1.83 bits per heavy atom. The molecule has 120 valence electrons. The van der Waals surface area contributed by atoms with Crippen molar-refractivity contribution in [2.75, 3.05) is 13.1 Å². The van der Waals surface area contributed by atoms with Crippen LogP contribution in [0.2, 0.25) is 0 Å². The summed E-state index contributed by atoms with van der Waals surface area (Å²) >= 11 is 0. The van der Waals surface area contributed by atoms with Gasteiger partial charge in [0.1, 0.15) is 6.61 Å². The van der Waals surface area contributed by atoms with Crippen LogP contribution in [0, 0.1) is 0 Å². The summed E-state index contributed by atoms with van der Waals surface area (Å²) in [5.74, 6) is 0. The molecule has 2 heterocycles. The van der Waals surface area contributed by atoms with Crippen molar-refractivity contribution in [3.8, 4) is 0 Å². The highest BCUT2D eigenvalue weighted by molar-refractivity contribution is 5.67. The van der Waals surface area contributed by atoms with Crippen LogP contribution in [0.1, 0.15) is 16.8 Å². The fraction of sp³-hybridized carbons (Fsp3) is 0.312. The van der Waals surface area contributed by atoms with Crippen LogP contribution in [0.5, 0.6) is 0 Å². The molecule has 1 amide bonds. The Kier molecular flexibility index (Phi) is 4.27. The second-order valence-corrected chi connectivity index (χ2v) is 5.39. The van der Waals surface area contributed by atoms with Gasteiger partial charge in [0.25, 0.3) is 5.56 Å². The monoisotopic (exact) mass is 315 g/mol. The zero-order chi connectivity index (χ0) is 16.2. The van der Waals surface area contributed by atoms with Crippen LogP contribution in [-0.2, 0) is 24.2 Å². The van der Waals surface area contributed by atoms with E-state index in [1.807, 2.05) is 30.3 Å². The lowest BCUT2D eigenvalue weighted by Crippen LogP contribution is -2.33. The molecule has 23 heavy (non-hydrogen) atoms. The van der Waals surface area contributed by atoms with E-state index in [0.717, 1.165) is 5.56 Å². The average molecular weight is 315 g/mol. The minimum atomic E-state index is -0.520. The van der Waals surface area contributed by atoms with E-state index in [9.17, 15) is 14.4 Å². The van der Waals surface area contributed by atoms with Gasteiger partial charge in [-0.3, -0.25) is 9.78 Å². The highest BCUT2D eigenvalue weighted by Gasteiger charge is 2.21. The molecule has 1 aromatic carbocycles. The summed E-state index contributed by atoms with van der Waals surface area (Å²) in [4.78, 5) is 41.7. The van der Waals surface area contributed by atoms with E-state index in [2.05, 4.69) is 9.97 Å². The Morgan fingerprint density at radius 1 is 1.09 bits per heavy atom. The van der Waals surface area contributed by atoms with Crippen LogP contribution in [0.15, 0.2) is 39.9 Å².